The van der Waals surface area contributed by atoms with E-state index < -0.39 is 5.82 Å². The zero-order valence-electron chi connectivity index (χ0n) is 79.2. The van der Waals surface area contributed by atoms with E-state index in [4.69, 9.17) is 15.0 Å². The fourth-order valence-corrected chi connectivity index (χ4v) is 16.4. The standard InChI is InChI=1S/C32H27N2O.C26H17N2O.C24H15N2O.2C22H14FN2O.5Ni/c1-32(2,3)26-16-14-22(15-17-26)25-20-29(34-30(21-25)27-11-4-5-13-31(27)35)24-10-8-9-23(19-24)28-12-6-7-18-33-28;29-26-14-4-3-11-22(26)24-13-6-12-23(28-24)19-9-5-10-20(15-19)25-16-18-7-1-2-8-21(18)17-27-25;27-23-7-2-1-5-19(23)22-13-12-17-10-8-16-9-11-18(15-20(16)24(17)26-22)21-6-3-4-14-25-21;23-17-13-20(25-21(14-17)18-8-1-2-10-22(18)26)16-7-5-6-15(12-16)19-9-3-4-11-24-19;23-17-13-15(19-7-3-4-11-24-19)12-16(14-17)20-8-5-9-21(25-20)18-6-1-2-10-22(18)26;;;;;/h4-18,20-21,35H,1-3H3;1-14,16-17,29H;1-14,27H;2*1-11,13-14,26H;;;;;/q5*-1;;;;;. The smallest absolute Gasteiger partial charge is 0.124 e. The van der Waals surface area contributed by atoms with Gasteiger partial charge in [-0.3, -0.25) is 49.8 Å². The molecule has 15 nitrogen and oxygen atoms in total. The SMILES string of the molecule is CC(C)(C)c1ccc(-c2cc(-c3[c-]c(-c4ccccn4)ccc3)nc(-c3ccccc3O)c2)cc1.Oc1ccccc1-c1cc(F)cc(-c2[c-]c(-c3ccccn3)ccc2)n1.Oc1ccccc1-c1ccc2ccc3ccc(-c4ccccn4)[c-]c3c2n1.Oc1ccccc1-c1cccc(-c2[c-]c(-c3cc4ccccc4cn3)ccc2)n1.Oc1ccccc1-c1cccc(-c2[c-]c(-c3ccccn3)cc(F)c2)n1.[Ni].[Ni].[Ni].[Ni].[Ni]. The van der Waals surface area contributed by atoms with Crippen LogP contribution in [0.5, 0.6) is 28.7 Å². The van der Waals surface area contributed by atoms with Gasteiger partial charge in [-0.15, -0.1) is 97.1 Å². The number of hydrogen-bond donors (Lipinski definition) is 5. The molecule has 22 heteroatoms. The second-order valence-electron chi connectivity index (χ2n) is 34.4. The predicted octanol–water partition coefficient (Wildman–Crippen LogP) is 29.9. The number of phenolic OH excluding ortho intramolecular Hbond substituents is 5. The largest absolute Gasteiger partial charge is 0.507 e. The van der Waals surface area contributed by atoms with Crippen LogP contribution in [0, 0.1) is 42.0 Å². The van der Waals surface area contributed by atoms with Gasteiger partial charge >= 0.3 is 0 Å². The Bertz CT molecular complexity index is 8530. The van der Waals surface area contributed by atoms with E-state index in [1.54, 1.807) is 116 Å². The second kappa shape index (κ2) is 49.8. The normalized spacial score (nSPS) is 10.6. The molecule has 0 aliphatic rings. The van der Waals surface area contributed by atoms with Gasteiger partial charge in [-0.25, -0.2) is 8.78 Å². The molecule has 0 atom stereocenters. The summed E-state index contributed by atoms with van der Waals surface area (Å²) in [5, 5.41) is 56.3. The van der Waals surface area contributed by atoms with Crippen LogP contribution in [-0.4, -0.2) is 75.4 Å². The van der Waals surface area contributed by atoms with Crippen molar-refractivity contribution < 1.29 is 117 Å². The molecule has 148 heavy (non-hydrogen) atoms. The van der Waals surface area contributed by atoms with E-state index in [1.807, 2.05) is 237 Å². The molecular weight excluding hydrogens is 2060 g/mol. The Morgan fingerprint density at radius 3 is 0.980 bits per heavy atom. The summed E-state index contributed by atoms with van der Waals surface area (Å²) >= 11 is 0. The first kappa shape index (κ1) is 107. The first-order valence-corrected chi connectivity index (χ1v) is 46.1. The molecule has 23 aromatic rings. The summed E-state index contributed by atoms with van der Waals surface area (Å²) in [5.74, 6) is 0.0479. The number of aromatic nitrogens is 10. The van der Waals surface area contributed by atoms with Crippen molar-refractivity contribution >= 4 is 32.4 Å². The quantitative estimate of drug-likeness (QED) is 0.0365. The molecule has 0 amide bonds. The summed E-state index contributed by atoms with van der Waals surface area (Å²) in [7, 11) is 0. The van der Waals surface area contributed by atoms with Crippen molar-refractivity contribution in [3.05, 3.63) is 491 Å². The summed E-state index contributed by atoms with van der Waals surface area (Å²) in [6.45, 7) is 6.65. The maximum absolute atomic E-state index is 14.2. The molecule has 0 fully saturated rings. The van der Waals surface area contributed by atoms with Gasteiger partial charge in [0.1, 0.15) is 34.6 Å². The molecule has 0 aliphatic carbocycles. The molecule has 10 heterocycles. The Morgan fingerprint density at radius 1 is 0.209 bits per heavy atom. The molecule has 0 radical (unpaired) electrons. The summed E-state index contributed by atoms with van der Waals surface area (Å²) in [5.41, 5.74) is 24.5. The van der Waals surface area contributed by atoms with E-state index in [9.17, 15) is 34.3 Å². The van der Waals surface area contributed by atoms with Gasteiger partial charge in [-0.2, -0.15) is 0 Å². The maximum Gasteiger partial charge on any atom is 0.124 e. The van der Waals surface area contributed by atoms with E-state index in [2.05, 4.69) is 153 Å². The van der Waals surface area contributed by atoms with Crippen molar-refractivity contribution in [3.63, 3.8) is 0 Å². The van der Waals surface area contributed by atoms with Crippen LogP contribution in [0.25, 0.3) is 201 Å². The molecule has 0 spiro atoms. The third kappa shape index (κ3) is 25.9. The average molecular weight is 2150 g/mol. The number of hydrogen-bond acceptors (Lipinski definition) is 15. The fourth-order valence-electron chi connectivity index (χ4n) is 16.4. The second-order valence-corrected chi connectivity index (χ2v) is 34.4. The monoisotopic (exact) mass is 2150 g/mol. The number of aromatic hydroxyl groups is 5. The first-order valence-electron chi connectivity index (χ1n) is 46.1. The first-order chi connectivity index (χ1) is 69.9. The van der Waals surface area contributed by atoms with Crippen molar-refractivity contribution in [1.29, 1.82) is 0 Å². The summed E-state index contributed by atoms with van der Waals surface area (Å²) in [6, 6.07) is 145. The number of para-hydroxylation sites is 5. The molecule has 740 valence electrons. The Kier molecular flexibility index (Phi) is 36.1. The molecule has 13 aromatic carbocycles. The maximum atomic E-state index is 14.2. The number of fused-ring (bicyclic) bond motifs is 4. The summed E-state index contributed by atoms with van der Waals surface area (Å²) in [6.07, 6.45) is 8.83. The minimum Gasteiger partial charge on any atom is -0.507 e. The van der Waals surface area contributed by atoms with Gasteiger partial charge in [0.15, 0.2) is 0 Å². The van der Waals surface area contributed by atoms with E-state index >= 15 is 0 Å². The van der Waals surface area contributed by atoms with Gasteiger partial charge in [0.2, 0.25) is 0 Å². The van der Waals surface area contributed by atoms with Crippen LogP contribution in [-0.2, 0) is 87.9 Å². The molecule has 0 saturated carbocycles. The van der Waals surface area contributed by atoms with Crippen LogP contribution in [0.15, 0.2) is 443 Å². The van der Waals surface area contributed by atoms with Crippen LogP contribution in [0.2, 0.25) is 0 Å². The van der Waals surface area contributed by atoms with E-state index in [1.165, 1.54) is 29.8 Å². The van der Waals surface area contributed by atoms with Gasteiger partial charge < -0.3 is 25.5 Å². The molecule has 23 rings (SSSR count). The predicted molar refractivity (Wildman–Crippen MR) is 565 cm³/mol. The zero-order chi connectivity index (χ0) is 98.1. The van der Waals surface area contributed by atoms with Gasteiger partial charge in [0.05, 0.1) is 34.3 Å². The number of rotatable bonds is 15. The molecular formula is C126H87F2N10Ni5O5-5. The minimum atomic E-state index is -0.426. The van der Waals surface area contributed by atoms with E-state index in [-0.39, 0.29) is 122 Å². The number of benzene rings is 13. The third-order valence-electron chi connectivity index (χ3n) is 23.7. The van der Waals surface area contributed by atoms with Crippen LogP contribution in [0.1, 0.15) is 26.3 Å². The Balaban J connectivity index is 0.000000145. The van der Waals surface area contributed by atoms with Gasteiger partial charge in [0, 0.05) is 198 Å². The van der Waals surface area contributed by atoms with Crippen LogP contribution in [0.4, 0.5) is 8.78 Å². The topological polar surface area (TPSA) is 230 Å². The van der Waals surface area contributed by atoms with Gasteiger partial charge in [-0.1, -0.05) is 306 Å². The fraction of sp³-hybridized carbons (Fsp3) is 0.0317. The van der Waals surface area contributed by atoms with E-state index in [0.29, 0.717) is 73.1 Å². The zero-order valence-corrected chi connectivity index (χ0v) is 84.1. The van der Waals surface area contributed by atoms with Crippen molar-refractivity contribution in [2.45, 2.75) is 26.2 Å². The van der Waals surface area contributed by atoms with Gasteiger partial charge in [0.25, 0.3) is 0 Å². The molecule has 5 N–H and O–H groups in total. The summed E-state index contributed by atoms with van der Waals surface area (Å²) < 4.78 is 28.4. The van der Waals surface area contributed by atoms with Crippen LogP contribution < -0.4 is 0 Å². The number of nitrogens with zero attached hydrogens (tertiary/aromatic N) is 10. The molecule has 0 unspecified atom stereocenters. The molecule has 10 aromatic heterocycles. The minimum absolute atomic E-state index is 0. The van der Waals surface area contributed by atoms with Crippen LogP contribution in [0.3, 0.4) is 0 Å². The number of pyridine rings is 10. The Hall–Kier alpha value is -16.5. The van der Waals surface area contributed by atoms with Crippen molar-refractivity contribution in [3.8, 4) is 197 Å². The molecule has 0 saturated heterocycles. The third-order valence-corrected chi connectivity index (χ3v) is 23.7. The Morgan fingerprint density at radius 2 is 0.520 bits per heavy atom. The van der Waals surface area contributed by atoms with Crippen molar-refractivity contribution in [2.24, 2.45) is 0 Å². The van der Waals surface area contributed by atoms with Gasteiger partial charge in [-0.05, 0) is 160 Å². The van der Waals surface area contributed by atoms with E-state index in [0.717, 1.165) is 128 Å². The average Bonchev–Trinajstić information content (AvgIpc) is 0.765. The van der Waals surface area contributed by atoms with Crippen molar-refractivity contribution in [2.75, 3.05) is 0 Å². The number of phenols is 5. The number of halogens is 2. The molecule has 0 bridgehead atoms. The van der Waals surface area contributed by atoms with Crippen LogP contribution >= 0.6 is 0 Å². The Labute approximate surface area is 906 Å². The van der Waals surface area contributed by atoms with Crippen molar-refractivity contribution in [1.82, 2.24) is 49.8 Å². The summed E-state index contributed by atoms with van der Waals surface area (Å²) in [4.78, 5) is 45.7. The molecule has 0 aliphatic heterocycles.